The van der Waals surface area contributed by atoms with Gasteiger partial charge in [0.2, 0.25) is 0 Å². The van der Waals surface area contributed by atoms with Crippen LogP contribution in [0.4, 0.5) is 0 Å². The van der Waals surface area contributed by atoms with Gasteiger partial charge in [0, 0.05) is 17.0 Å². The number of rotatable bonds is 4. The Morgan fingerprint density at radius 3 is 1.45 bits per heavy atom. The van der Waals surface area contributed by atoms with Crippen LogP contribution in [0.25, 0.3) is 0 Å². The van der Waals surface area contributed by atoms with Crippen LogP contribution in [0.3, 0.4) is 0 Å². The maximum atomic E-state index is 9.91. The summed E-state index contributed by atoms with van der Waals surface area (Å²) in [6.45, 7) is 5.17. The van der Waals surface area contributed by atoms with Crippen molar-refractivity contribution >= 4 is 0 Å². The lowest BCUT2D eigenvalue weighted by Crippen LogP contribution is -2.01. The maximum absolute atomic E-state index is 9.91. The molecular weight excluding hydrogens is 280 g/mol. The molecule has 0 atom stereocenters. The lowest BCUT2D eigenvalue weighted by atomic mass is 9.88. The van der Waals surface area contributed by atoms with Crippen LogP contribution in [-0.4, -0.2) is 20.4 Å². The Labute approximate surface area is 130 Å². The van der Waals surface area contributed by atoms with Crippen LogP contribution >= 0.6 is 0 Å². The zero-order valence-corrected chi connectivity index (χ0v) is 13.1. The average Bonchev–Trinajstić information content (AvgIpc) is 2.51. The van der Waals surface area contributed by atoms with E-state index < -0.39 is 0 Å². The molecule has 2 aromatic rings. The van der Waals surface area contributed by atoms with E-state index in [1.165, 1.54) is 0 Å². The van der Waals surface area contributed by atoms with Crippen molar-refractivity contribution in [2.45, 2.75) is 39.9 Å². The fraction of sp³-hybridized carbons (Fsp3) is 0.333. The van der Waals surface area contributed by atoms with E-state index >= 15 is 0 Å². The molecule has 0 aliphatic carbocycles. The third-order valence-corrected chi connectivity index (χ3v) is 4.14. The van der Waals surface area contributed by atoms with Crippen LogP contribution in [-0.2, 0) is 13.2 Å². The molecule has 4 nitrogen and oxygen atoms in total. The monoisotopic (exact) mass is 302 g/mol. The first-order valence-electron chi connectivity index (χ1n) is 7.25. The van der Waals surface area contributed by atoms with Gasteiger partial charge in [0.1, 0.15) is 11.5 Å². The molecule has 0 bridgehead atoms. The van der Waals surface area contributed by atoms with Crippen LogP contribution in [0.1, 0.15) is 46.2 Å². The largest absolute Gasteiger partial charge is 0.507 e. The Kier molecular flexibility index (Phi) is 4.74. The average molecular weight is 302 g/mol. The Balaban J connectivity index is 2.50. The van der Waals surface area contributed by atoms with Gasteiger partial charge in [-0.05, 0) is 48.2 Å². The molecule has 0 aliphatic rings. The Hall–Kier alpha value is -2.04. The fourth-order valence-corrected chi connectivity index (χ4v) is 2.70. The number of hydrogen-bond acceptors (Lipinski definition) is 4. The molecule has 0 aliphatic heterocycles. The van der Waals surface area contributed by atoms with Crippen molar-refractivity contribution in [3.05, 3.63) is 57.6 Å². The molecule has 0 saturated heterocycles. The minimum Gasteiger partial charge on any atom is -0.507 e. The van der Waals surface area contributed by atoms with E-state index in [4.69, 9.17) is 0 Å². The molecule has 0 fully saturated rings. The van der Waals surface area contributed by atoms with E-state index in [1.54, 1.807) is 26.0 Å². The van der Waals surface area contributed by atoms with Crippen LogP contribution < -0.4 is 0 Å². The third kappa shape index (κ3) is 2.93. The highest BCUT2D eigenvalue weighted by molar-refractivity contribution is 5.49. The van der Waals surface area contributed by atoms with Crippen molar-refractivity contribution in [1.82, 2.24) is 0 Å². The summed E-state index contributed by atoms with van der Waals surface area (Å²) in [4.78, 5) is 0. The highest BCUT2D eigenvalue weighted by atomic mass is 16.3. The molecule has 2 aromatic carbocycles. The Morgan fingerprint density at radius 2 is 1.14 bits per heavy atom. The first-order chi connectivity index (χ1) is 10.4. The summed E-state index contributed by atoms with van der Waals surface area (Å²) in [5.74, 6) is 0.252. The smallest absolute Gasteiger partial charge is 0.124 e. The molecule has 22 heavy (non-hydrogen) atoms. The summed E-state index contributed by atoms with van der Waals surface area (Å²) in [5.41, 5.74) is 4.36. The lowest BCUT2D eigenvalue weighted by molar-refractivity contribution is 0.275. The number of aliphatic hydroxyl groups is 2. The van der Waals surface area contributed by atoms with Gasteiger partial charge in [-0.15, -0.1) is 0 Å². The number of hydrogen-bond donors (Lipinski definition) is 4. The second kappa shape index (κ2) is 6.38. The van der Waals surface area contributed by atoms with Gasteiger partial charge < -0.3 is 20.4 Å². The Bertz CT molecular complexity index is 632. The van der Waals surface area contributed by atoms with E-state index in [0.29, 0.717) is 22.3 Å². The van der Waals surface area contributed by atoms with Crippen LogP contribution in [0.5, 0.6) is 11.5 Å². The van der Waals surface area contributed by atoms with Crippen molar-refractivity contribution in [2.75, 3.05) is 0 Å². The maximum Gasteiger partial charge on any atom is 0.124 e. The molecule has 0 spiro atoms. The number of phenols is 2. The molecule has 118 valence electrons. The SMILES string of the molecule is Cc1cc(C(C)c2cc(C)c(O)c(CO)c2)cc(CO)c1O. The minimum atomic E-state index is -0.219. The topological polar surface area (TPSA) is 80.9 Å². The first kappa shape index (κ1) is 16.3. The molecule has 0 saturated carbocycles. The summed E-state index contributed by atoms with van der Waals surface area (Å²) in [7, 11) is 0. The molecule has 0 aromatic heterocycles. The van der Waals surface area contributed by atoms with Gasteiger partial charge >= 0.3 is 0 Å². The van der Waals surface area contributed by atoms with Crippen molar-refractivity contribution in [3.8, 4) is 11.5 Å². The van der Waals surface area contributed by atoms with Crippen LogP contribution in [0.2, 0.25) is 0 Å². The zero-order valence-electron chi connectivity index (χ0n) is 13.1. The van der Waals surface area contributed by atoms with E-state index in [1.807, 2.05) is 19.1 Å². The molecule has 0 heterocycles. The molecule has 4 N–H and O–H groups in total. The second-order valence-electron chi connectivity index (χ2n) is 5.73. The van der Waals surface area contributed by atoms with E-state index in [9.17, 15) is 20.4 Å². The van der Waals surface area contributed by atoms with E-state index in [-0.39, 0.29) is 30.6 Å². The van der Waals surface area contributed by atoms with Gasteiger partial charge in [-0.25, -0.2) is 0 Å². The van der Waals surface area contributed by atoms with Crippen molar-refractivity contribution < 1.29 is 20.4 Å². The van der Waals surface area contributed by atoms with Gasteiger partial charge in [-0.3, -0.25) is 0 Å². The summed E-state index contributed by atoms with van der Waals surface area (Å²) in [6.07, 6.45) is 0. The normalized spacial score (nSPS) is 11.2. The first-order valence-corrected chi connectivity index (χ1v) is 7.25. The second-order valence-corrected chi connectivity index (χ2v) is 5.73. The number of benzene rings is 2. The summed E-state index contributed by atoms with van der Waals surface area (Å²) >= 11 is 0. The van der Waals surface area contributed by atoms with Gasteiger partial charge in [0.05, 0.1) is 13.2 Å². The van der Waals surface area contributed by atoms with Gasteiger partial charge in [-0.2, -0.15) is 0 Å². The van der Waals surface area contributed by atoms with Gasteiger partial charge in [0.25, 0.3) is 0 Å². The number of aryl methyl sites for hydroxylation is 2. The number of aliphatic hydroxyl groups excluding tert-OH is 2. The van der Waals surface area contributed by atoms with Crippen molar-refractivity contribution in [1.29, 1.82) is 0 Å². The summed E-state index contributed by atoms with van der Waals surface area (Å²) < 4.78 is 0. The minimum absolute atomic E-state index is 0.00852. The highest BCUT2D eigenvalue weighted by Gasteiger charge is 2.16. The summed E-state index contributed by atoms with van der Waals surface area (Å²) in [6, 6.07) is 7.35. The highest BCUT2D eigenvalue weighted by Crippen LogP contribution is 2.34. The molecular formula is C18H22O4. The lowest BCUT2D eigenvalue weighted by Gasteiger charge is -2.18. The van der Waals surface area contributed by atoms with Crippen LogP contribution in [0.15, 0.2) is 24.3 Å². The van der Waals surface area contributed by atoms with Gasteiger partial charge in [-0.1, -0.05) is 19.1 Å². The van der Waals surface area contributed by atoms with Crippen molar-refractivity contribution in [2.24, 2.45) is 0 Å². The predicted octanol–water partition coefficient (Wildman–Crippen LogP) is 2.85. The Morgan fingerprint density at radius 1 is 0.773 bits per heavy atom. The number of aromatic hydroxyl groups is 2. The molecule has 0 unspecified atom stereocenters. The molecule has 0 radical (unpaired) electrons. The molecule has 4 heteroatoms. The quantitative estimate of drug-likeness (QED) is 0.700. The standard InChI is InChI=1S/C18H22O4/c1-10-4-13(6-15(8-19)17(10)21)12(3)14-5-11(2)18(22)16(7-14)9-20/h4-7,12,19-22H,8-9H2,1-3H3. The van der Waals surface area contributed by atoms with Gasteiger partial charge in [0.15, 0.2) is 0 Å². The molecule has 0 amide bonds. The predicted molar refractivity (Wildman–Crippen MR) is 85.1 cm³/mol. The van der Waals surface area contributed by atoms with Crippen molar-refractivity contribution in [3.63, 3.8) is 0 Å². The van der Waals surface area contributed by atoms with E-state index in [0.717, 1.165) is 11.1 Å². The van der Waals surface area contributed by atoms with Crippen LogP contribution in [0, 0.1) is 13.8 Å². The fourth-order valence-electron chi connectivity index (χ4n) is 2.70. The van der Waals surface area contributed by atoms with E-state index in [2.05, 4.69) is 0 Å². The summed E-state index contributed by atoms with van der Waals surface area (Å²) in [5, 5.41) is 38.5. The third-order valence-electron chi connectivity index (χ3n) is 4.14. The zero-order chi connectivity index (χ0) is 16.4. The molecule has 2 rings (SSSR count).